The van der Waals surface area contributed by atoms with Crippen molar-refractivity contribution in [1.82, 2.24) is 24.4 Å². The third-order valence-corrected chi connectivity index (χ3v) is 7.72. The quantitative estimate of drug-likeness (QED) is 0.196. The molecule has 194 valence electrons. The van der Waals surface area contributed by atoms with Crippen molar-refractivity contribution in [1.29, 1.82) is 0 Å². The zero-order valence-electron chi connectivity index (χ0n) is 21.1. The van der Waals surface area contributed by atoms with Crippen LogP contribution in [0.2, 0.25) is 0 Å². The lowest BCUT2D eigenvalue weighted by Crippen LogP contribution is -2.23. The van der Waals surface area contributed by atoms with Gasteiger partial charge in [-0.25, -0.2) is 4.68 Å². The van der Waals surface area contributed by atoms with Crippen LogP contribution < -0.4 is 14.8 Å². The van der Waals surface area contributed by atoms with E-state index in [2.05, 4.69) is 32.9 Å². The molecule has 3 heterocycles. The summed E-state index contributed by atoms with van der Waals surface area (Å²) in [4.78, 5) is 18.5. The summed E-state index contributed by atoms with van der Waals surface area (Å²) in [6.07, 6.45) is 5.92. The van der Waals surface area contributed by atoms with Crippen LogP contribution in [0.4, 0.5) is 0 Å². The first-order valence-electron chi connectivity index (χ1n) is 12.6. The predicted octanol–water partition coefficient (Wildman–Crippen LogP) is 6.16. The first-order chi connectivity index (χ1) is 19.1. The number of hydrogen-bond donors (Lipinski definition) is 0. The number of unbranched alkanes of at least 4 members (excludes halogenated alkanes) is 1. The number of benzene rings is 3. The summed E-state index contributed by atoms with van der Waals surface area (Å²) in [7, 11) is 0. The third-order valence-electron chi connectivity index (χ3n) is 6.23. The highest BCUT2D eigenvalue weighted by Gasteiger charge is 2.15. The zero-order chi connectivity index (χ0) is 26.8. The summed E-state index contributed by atoms with van der Waals surface area (Å²) in [5.74, 6) is 1.35. The van der Waals surface area contributed by atoms with Crippen LogP contribution in [-0.2, 0) is 0 Å². The highest BCUT2D eigenvalue weighted by molar-refractivity contribution is 9.10. The summed E-state index contributed by atoms with van der Waals surface area (Å²) in [6.45, 7) is 2.84. The number of hydrogen-bond acceptors (Lipinski definition) is 6. The summed E-state index contributed by atoms with van der Waals surface area (Å²) in [6, 6.07) is 25.5. The summed E-state index contributed by atoms with van der Waals surface area (Å²) < 4.78 is 10.6. The standard InChI is InChI=1S/C30H24BrN5O2S/c1-2-3-17-38-25-15-11-20(12-16-25)27-22(19-35(33-27)24-7-5-4-6-8-24)18-26-29(37)36-30(39-26)32-28(34-36)21-9-13-23(31)14-10-21/h4-16,18-19H,2-3,17H2,1H3. The van der Waals surface area contributed by atoms with E-state index in [4.69, 9.17) is 9.84 Å². The molecule has 0 fully saturated rings. The Morgan fingerprint density at radius 1 is 0.949 bits per heavy atom. The topological polar surface area (TPSA) is 74.3 Å². The molecule has 0 amide bonds. The minimum atomic E-state index is -0.205. The number of nitrogens with zero attached hydrogens (tertiary/aromatic N) is 5. The molecular weight excluding hydrogens is 574 g/mol. The van der Waals surface area contributed by atoms with Gasteiger partial charge in [-0.3, -0.25) is 4.79 Å². The van der Waals surface area contributed by atoms with E-state index in [0.717, 1.165) is 51.1 Å². The minimum absolute atomic E-state index is 0.205. The van der Waals surface area contributed by atoms with Crippen molar-refractivity contribution < 1.29 is 4.74 Å². The molecule has 3 aromatic heterocycles. The van der Waals surface area contributed by atoms with Gasteiger partial charge in [0.25, 0.3) is 5.56 Å². The van der Waals surface area contributed by atoms with Crippen molar-refractivity contribution in [2.24, 2.45) is 0 Å². The van der Waals surface area contributed by atoms with Gasteiger partial charge in [0, 0.05) is 27.4 Å². The SMILES string of the molecule is CCCCOc1ccc(-c2nn(-c3ccccc3)cc2C=c2sc3nc(-c4ccc(Br)cc4)nn3c2=O)cc1. The van der Waals surface area contributed by atoms with Crippen LogP contribution in [0.25, 0.3) is 39.4 Å². The molecule has 39 heavy (non-hydrogen) atoms. The Kier molecular flexibility index (Phi) is 7.08. The molecule has 7 nitrogen and oxygen atoms in total. The third kappa shape index (κ3) is 5.28. The van der Waals surface area contributed by atoms with Crippen molar-refractivity contribution in [3.63, 3.8) is 0 Å². The van der Waals surface area contributed by atoms with Crippen molar-refractivity contribution in [2.45, 2.75) is 19.8 Å². The molecule has 3 aromatic carbocycles. The van der Waals surface area contributed by atoms with Gasteiger partial charge in [0.2, 0.25) is 4.96 Å². The summed E-state index contributed by atoms with van der Waals surface area (Å²) >= 11 is 4.76. The van der Waals surface area contributed by atoms with Gasteiger partial charge in [0.1, 0.15) is 11.4 Å². The molecule has 0 aliphatic heterocycles. The molecule has 0 aliphatic rings. The van der Waals surface area contributed by atoms with Gasteiger partial charge >= 0.3 is 0 Å². The highest BCUT2D eigenvalue weighted by atomic mass is 79.9. The average molecular weight is 599 g/mol. The van der Waals surface area contributed by atoms with Gasteiger partial charge in [0.05, 0.1) is 16.8 Å². The van der Waals surface area contributed by atoms with E-state index >= 15 is 0 Å². The average Bonchev–Trinajstić information content (AvgIpc) is 3.65. The molecule has 0 aliphatic carbocycles. The lowest BCUT2D eigenvalue weighted by molar-refractivity contribution is 0.309. The second kappa shape index (κ2) is 11.0. The molecule has 6 rings (SSSR count). The lowest BCUT2D eigenvalue weighted by Gasteiger charge is -2.06. The molecule has 0 saturated carbocycles. The first-order valence-corrected chi connectivity index (χ1v) is 14.3. The van der Waals surface area contributed by atoms with E-state index in [1.807, 2.05) is 95.8 Å². The molecular formula is C30H24BrN5O2S. The van der Waals surface area contributed by atoms with Gasteiger partial charge in [0.15, 0.2) is 5.82 Å². The normalized spacial score (nSPS) is 11.9. The van der Waals surface area contributed by atoms with E-state index in [1.165, 1.54) is 15.9 Å². The fourth-order valence-corrected chi connectivity index (χ4v) is 5.33. The molecule has 0 saturated heterocycles. The Hall–Kier alpha value is -4.08. The fraction of sp³-hybridized carbons (Fsp3) is 0.133. The molecule has 0 unspecified atom stereocenters. The van der Waals surface area contributed by atoms with Gasteiger partial charge in [-0.15, -0.1) is 5.10 Å². The number of thiazole rings is 1. The van der Waals surface area contributed by atoms with Crippen LogP contribution in [-0.4, -0.2) is 31.0 Å². The zero-order valence-corrected chi connectivity index (χ0v) is 23.5. The van der Waals surface area contributed by atoms with Gasteiger partial charge in [-0.2, -0.15) is 14.6 Å². The van der Waals surface area contributed by atoms with Crippen LogP contribution >= 0.6 is 27.3 Å². The number of halogens is 1. The summed E-state index contributed by atoms with van der Waals surface area (Å²) in [5.41, 5.74) is 4.11. The van der Waals surface area contributed by atoms with E-state index < -0.39 is 0 Å². The van der Waals surface area contributed by atoms with Crippen molar-refractivity contribution in [3.8, 4) is 34.1 Å². The lowest BCUT2D eigenvalue weighted by atomic mass is 10.1. The number of fused-ring (bicyclic) bond motifs is 1. The van der Waals surface area contributed by atoms with Crippen LogP contribution in [0.5, 0.6) is 5.75 Å². The maximum Gasteiger partial charge on any atom is 0.291 e. The van der Waals surface area contributed by atoms with E-state index in [9.17, 15) is 4.79 Å². The van der Waals surface area contributed by atoms with E-state index in [1.54, 1.807) is 0 Å². The van der Waals surface area contributed by atoms with Crippen molar-refractivity contribution >= 4 is 38.3 Å². The Labute approximate surface area is 237 Å². The van der Waals surface area contributed by atoms with Crippen LogP contribution in [0, 0.1) is 0 Å². The second-order valence-corrected chi connectivity index (χ2v) is 10.9. The van der Waals surface area contributed by atoms with Crippen LogP contribution in [0.3, 0.4) is 0 Å². The fourth-order valence-electron chi connectivity index (χ4n) is 4.17. The summed E-state index contributed by atoms with van der Waals surface area (Å²) in [5, 5.41) is 9.37. The van der Waals surface area contributed by atoms with Gasteiger partial charge in [-0.1, -0.05) is 70.9 Å². The Morgan fingerprint density at radius 3 is 2.41 bits per heavy atom. The first kappa shape index (κ1) is 25.2. The minimum Gasteiger partial charge on any atom is -0.494 e. The van der Waals surface area contributed by atoms with Crippen LogP contribution in [0.1, 0.15) is 25.3 Å². The smallest absolute Gasteiger partial charge is 0.291 e. The van der Waals surface area contributed by atoms with Gasteiger partial charge < -0.3 is 4.74 Å². The molecule has 0 atom stereocenters. The molecule has 0 N–H and O–H groups in total. The van der Waals surface area contributed by atoms with E-state index in [-0.39, 0.29) is 5.56 Å². The van der Waals surface area contributed by atoms with E-state index in [0.29, 0.717) is 21.9 Å². The Bertz CT molecular complexity index is 1840. The molecule has 9 heteroatoms. The number of para-hydroxylation sites is 1. The predicted molar refractivity (Wildman–Crippen MR) is 158 cm³/mol. The number of rotatable bonds is 8. The monoisotopic (exact) mass is 597 g/mol. The van der Waals surface area contributed by atoms with Crippen molar-refractivity contribution in [3.05, 3.63) is 110 Å². The number of aromatic nitrogens is 5. The highest BCUT2D eigenvalue weighted by Crippen LogP contribution is 2.27. The van der Waals surface area contributed by atoms with Crippen LogP contribution in [0.15, 0.2) is 94.3 Å². The molecule has 0 radical (unpaired) electrons. The Balaban J connectivity index is 1.40. The van der Waals surface area contributed by atoms with Crippen molar-refractivity contribution in [2.75, 3.05) is 6.61 Å². The maximum absolute atomic E-state index is 13.3. The molecule has 6 aromatic rings. The van der Waals surface area contributed by atoms with Gasteiger partial charge in [-0.05, 0) is 61.0 Å². The number of ether oxygens (including phenoxy) is 1. The second-order valence-electron chi connectivity index (χ2n) is 8.99. The Morgan fingerprint density at radius 2 is 1.69 bits per heavy atom. The molecule has 0 bridgehead atoms. The molecule has 0 spiro atoms. The largest absolute Gasteiger partial charge is 0.494 e. The maximum atomic E-state index is 13.3.